The van der Waals surface area contributed by atoms with Gasteiger partial charge in [-0.3, -0.25) is 4.79 Å². The molecule has 0 bridgehead atoms. The number of benzene rings is 2. The van der Waals surface area contributed by atoms with Gasteiger partial charge in [0, 0.05) is 17.4 Å². The van der Waals surface area contributed by atoms with Crippen LogP contribution in [0.4, 0.5) is 29.3 Å². The van der Waals surface area contributed by atoms with E-state index in [0.29, 0.717) is 11.4 Å². The topological polar surface area (TPSA) is 70.2 Å². The quantitative estimate of drug-likeness (QED) is 0.760. The zero-order valence-corrected chi connectivity index (χ0v) is 13.6. The minimum atomic E-state index is -4.61. The molecule has 0 aromatic heterocycles. The lowest BCUT2D eigenvalue weighted by atomic mass is 10.1. The van der Waals surface area contributed by atoms with Crippen molar-refractivity contribution in [3.05, 3.63) is 59.7 Å². The molecule has 0 aliphatic heterocycles. The molecule has 0 spiro atoms. The van der Waals surface area contributed by atoms with Crippen LogP contribution >= 0.6 is 0 Å². The number of urea groups is 1. The maximum atomic E-state index is 13.0. The predicted molar refractivity (Wildman–Crippen MR) is 91.0 cm³/mol. The Labute approximate surface area is 147 Å². The summed E-state index contributed by atoms with van der Waals surface area (Å²) in [6.07, 6.45) is -2.67. The van der Waals surface area contributed by atoms with Crippen molar-refractivity contribution in [3.63, 3.8) is 0 Å². The summed E-state index contributed by atoms with van der Waals surface area (Å²) in [5, 5.41) is 7.83. The molecule has 3 rings (SSSR count). The number of hydrogen-bond acceptors (Lipinski definition) is 2. The van der Waals surface area contributed by atoms with Crippen molar-refractivity contribution in [1.82, 2.24) is 5.32 Å². The second kappa shape index (κ2) is 7.07. The summed E-state index contributed by atoms with van der Waals surface area (Å²) in [7, 11) is 0. The Balaban J connectivity index is 1.65. The summed E-state index contributed by atoms with van der Waals surface area (Å²) < 4.78 is 39.0. The van der Waals surface area contributed by atoms with Crippen molar-refractivity contribution < 1.29 is 22.8 Å². The fraction of sp³-hybridized carbons (Fsp3) is 0.222. The fourth-order valence-electron chi connectivity index (χ4n) is 2.34. The van der Waals surface area contributed by atoms with E-state index in [-0.39, 0.29) is 12.1 Å². The van der Waals surface area contributed by atoms with Crippen LogP contribution < -0.4 is 16.0 Å². The van der Waals surface area contributed by atoms with E-state index >= 15 is 0 Å². The first-order chi connectivity index (χ1) is 12.3. The Kier molecular flexibility index (Phi) is 4.83. The van der Waals surface area contributed by atoms with Gasteiger partial charge in [0.25, 0.3) is 5.91 Å². The molecule has 3 N–H and O–H groups in total. The van der Waals surface area contributed by atoms with Gasteiger partial charge in [0.15, 0.2) is 0 Å². The van der Waals surface area contributed by atoms with Gasteiger partial charge in [-0.1, -0.05) is 12.1 Å². The third-order valence-corrected chi connectivity index (χ3v) is 3.79. The molecular formula is C18H16F3N3O2. The Morgan fingerprint density at radius 2 is 1.46 bits per heavy atom. The minimum Gasteiger partial charge on any atom is -0.335 e. The Bertz CT molecular complexity index is 815. The monoisotopic (exact) mass is 363 g/mol. The summed E-state index contributed by atoms with van der Waals surface area (Å²) in [5.74, 6) is -0.856. The summed E-state index contributed by atoms with van der Waals surface area (Å²) >= 11 is 0. The largest absolute Gasteiger partial charge is 0.417 e. The van der Waals surface area contributed by atoms with E-state index in [2.05, 4.69) is 16.0 Å². The highest BCUT2D eigenvalue weighted by Gasteiger charge is 2.34. The van der Waals surface area contributed by atoms with Gasteiger partial charge < -0.3 is 16.0 Å². The highest BCUT2D eigenvalue weighted by molar-refractivity contribution is 6.05. The number of anilines is 2. The zero-order valence-electron chi connectivity index (χ0n) is 13.6. The van der Waals surface area contributed by atoms with Crippen LogP contribution in [0.25, 0.3) is 0 Å². The molecule has 0 radical (unpaired) electrons. The molecule has 1 aliphatic rings. The van der Waals surface area contributed by atoms with Crippen LogP contribution in [0.1, 0.15) is 28.8 Å². The van der Waals surface area contributed by atoms with Crippen LogP contribution in [0.3, 0.4) is 0 Å². The SMILES string of the molecule is O=C(Nc1ccc(NC(=O)c2ccccc2C(F)(F)F)cc1)NC1CC1. The highest BCUT2D eigenvalue weighted by Crippen LogP contribution is 2.32. The summed E-state index contributed by atoms with van der Waals surface area (Å²) in [4.78, 5) is 23.8. The molecule has 8 heteroatoms. The maximum absolute atomic E-state index is 13.0. The third-order valence-electron chi connectivity index (χ3n) is 3.79. The molecule has 136 valence electrons. The van der Waals surface area contributed by atoms with Crippen molar-refractivity contribution in [2.45, 2.75) is 25.1 Å². The van der Waals surface area contributed by atoms with E-state index < -0.39 is 23.2 Å². The first-order valence-electron chi connectivity index (χ1n) is 7.98. The molecule has 2 aromatic rings. The fourth-order valence-corrected chi connectivity index (χ4v) is 2.34. The number of carbonyl (C=O) groups is 2. The predicted octanol–water partition coefficient (Wildman–Crippen LogP) is 4.24. The molecule has 26 heavy (non-hydrogen) atoms. The number of alkyl halides is 3. The van der Waals surface area contributed by atoms with E-state index in [1.54, 1.807) is 12.1 Å². The molecule has 5 nitrogen and oxygen atoms in total. The second-order valence-electron chi connectivity index (χ2n) is 5.95. The number of halogens is 3. The lowest BCUT2D eigenvalue weighted by Crippen LogP contribution is -2.30. The normalized spacial score (nSPS) is 13.8. The third kappa shape index (κ3) is 4.53. The van der Waals surface area contributed by atoms with Crippen LogP contribution in [0.15, 0.2) is 48.5 Å². The van der Waals surface area contributed by atoms with Crippen LogP contribution in [0.2, 0.25) is 0 Å². The van der Waals surface area contributed by atoms with E-state index in [4.69, 9.17) is 0 Å². The van der Waals surface area contributed by atoms with Gasteiger partial charge in [-0.05, 0) is 49.2 Å². The lowest BCUT2D eigenvalue weighted by molar-refractivity contribution is -0.137. The average Bonchev–Trinajstić information content (AvgIpc) is 3.39. The number of nitrogens with one attached hydrogen (secondary N) is 3. The van der Waals surface area contributed by atoms with Crippen molar-refractivity contribution in [1.29, 1.82) is 0 Å². The van der Waals surface area contributed by atoms with Gasteiger partial charge in [0.1, 0.15) is 0 Å². The van der Waals surface area contributed by atoms with Gasteiger partial charge >= 0.3 is 12.2 Å². The maximum Gasteiger partial charge on any atom is 0.417 e. The van der Waals surface area contributed by atoms with E-state index in [1.807, 2.05) is 0 Å². The summed E-state index contributed by atoms with van der Waals surface area (Å²) in [6.45, 7) is 0. The number of hydrogen-bond donors (Lipinski definition) is 3. The molecule has 0 saturated heterocycles. The first-order valence-corrected chi connectivity index (χ1v) is 7.98. The molecule has 3 amide bonds. The number of carbonyl (C=O) groups excluding carboxylic acids is 2. The summed E-state index contributed by atoms with van der Waals surface area (Å²) in [5.41, 5.74) is -0.615. The van der Waals surface area contributed by atoms with Gasteiger partial charge in [-0.15, -0.1) is 0 Å². The molecule has 1 fully saturated rings. The minimum absolute atomic E-state index is 0.224. The van der Waals surface area contributed by atoms with Gasteiger partial charge in [-0.2, -0.15) is 13.2 Å². The zero-order chi connectivity index (χ0) is 18.7. The molecule has 0 heterocycles. The van der Waals surface area contributed by atoms with Crippen LogP contribution in [0, 0.1) is 0 Å². The Morgan fingerprint density at radius 1 is 0.885 bits per heavy atom. The van der Waals surface area contributed by atoms with Gasteiger partial charge in [-0.25, -0.2) is 4.79 Å². The van der Waals surface area contributed by atoms with Crippen molar-refractivity contribution in [2.75, 3.05) is 10.6 Å². The lowest BCUT2D eigenvalue weighted by Gasteiger charge is -2.13. The standard InChI is InChI=1S/C18H16F3N3O2/c19-18(20,21)15-4-2-1-3-14(15)16(25)22-11-5-7-12(8-6-11)23-17(26)24-13-9-10-13/h1-8,13H,9-10H2,(H,22,25)(H2,23,24,26). The van der Waals surface area contributed by atoms with Crippen molar-refractivity contribution in [3.8, 4) is 0 Å². The van der Waals surface area contributed by atoms with Gasteiger partial charge in [0.2, 0.25) is 0 Å². The summed E-state index contributed by atoms with van der Waals surface area (Å²) in [6, 6.07) is 10.6. The van der Waals surface area contributed by atoms with Crippen LogP contribution in [-0.4, -0.2) is 18.0 Å². The molecule has 1 saturated carbocycles. The second-order valence-corrected chi connectivity index (χ2v) is 5.95. The average molecular weight is 363 g/mol. The molecule has 1 aliphatic carbocycles. The van der Waals surface area contributed by atoms with E-state index in [1.165, 1.54) is 24.3 Å². The van der Waals surface area contributed by atoms with Crippen LogP contribution in [-0.2, 0) is 6.18 Å². The van der Waals surface area contributed by atoms with Crippen LogP contribution in [0.5, 0.6) is 0 Å². The molecule has 0 unspecified atom stereocenters. The van der Waals surface area contributed by atoms with Crippen molar-refractivity contribution >= 4 is 23.3 Å². The van der Waals surface area contributed by atoms with E-state index in [0.717, 1.165) is 25.0 Å². The van der Waals surface area contributed by atoms with E-state index in [9.17, 15) is 22.8 Å². The first kappa shape index (κ1) is 17.8. The Morgan fingerprint density at radius 3 is 2.04 bits per heavy atom. The highest BCUT2D eigenvalue weighted by atomic mass is 19.4. The number of amides is 3. The smallest absolute Gasteiger partial charge is 0.335 e. The van der Waals surface area contributed by atoms with Gasteiger partial charge in [0.05, 0.1) is 11.1 Å². The molecule has 2 aromatic carbocycles. The number of rotatable bonds is 4. The molecule has 0 atom stereocenters. The van der Waals surface area contributed by atoms with Crippen molar-refractivity contribution in [2.24, 2.45) is 0 Å². The Hall–Kier alpha value is -3.03. The molecular weight excluding hydrogens is 347 g/mol.